The molecular formula is C43H48N4O5. The highest BCUT2D eigenvalue weighted by molar-refractivity contribution is 6.02. The van der Waals surface area contributed by atoms with Gasteiger partial charge in [0.2, 0.25) is 0 Å². The van der Waals surface area contributed by atoms with E-state index >= 15 is 0 Å². The molecule has 9 heteroatoms. The summed E-state index contributed by atoms with van der Waals surface area (Å²) in [7, 11) is 3.86. The molecule has 0 saturated heterocycles. The molecule has 4 aromatic carbocycles. The maximum absolute atomic E-state index is 13.5. The Bertz CT molecular complexity index is 1970. The van der Waals surface area contributed by atoms with Crippen molar-refractivity contribution in [2.75, 3.05) is 33.7 Å². The molecule has 0 fully saturated rings. The quantitative estimate of drug-likeness (QED) is 0.112. The van der Waals surface area contributed by atoms with E-state index in [1.165, 1.54) is 11.1 Å². The van der Waals surface area contributed by atoms with E-state index in [0.29, 0.717) is 48.9 Å². The third kappa shape index (κ3) is 8.44. The van der Waals surface area contributed by atoms with Crippen molar-refractivity contribution in [3.63, 3.8) is 0 Å². The highest BCUT2D eigenvalue weighted by Gasteiger charge is 2.29. The summed E-state index contributed by atoms with van der Waals surface area (Å²) < 4.78 is 19.2. The summed E-state index contributed by atoms with van der Waals surface area (Å²) in [5.74, 6) is 1.55. The fourth-order valence-electron chi connectivity index (χ4n) is 6.58. The molecule has 1 unspecified atom stereocenters. The molecule has 1 N–H and O–H groups in total. The van der Waals surface area contributed by atoms with Gasteiger partial charge in [-0.2, -0.15) is 0 Å². The maximum atomic E-state index is 13.5. The Morgan fingerprint density at radius 1 is 0.923 bits per heavy atom. The highest BCUT2D eigenvalue weighted by atomic mass is 16.5. The molecule has 9 nitrogen and oxygen atoms in total. The summed E-state index contributed by atoms with van der Waals surface area (Å²) in [4.78, 5) is 29.5. The number of hydrogen-bond acceptors (Lipinski definition) is 8. The van der Waals surface area contributed by atoms with E-state index in [1.54, 1.807) is 0 Å². The topological polar surface area (TPSA) is 97.1 Å². The Morgan fingerprint density at radius 2 is 1.60 bits per heavy atom. The van der Waals surface area contributed by atoms with Gasteiger partial charge in [-0.15, -0.1) is 0 Å². The fourth-order valence-corrected chi connectivity index (χ4v) is 6.58. The number of nitrogens with one attached hydrogen (secondary N) is 1. The van der Waals surface area contributed by atoms with E-state index in [-0.39, 0.29) is 23.6 Å². The van der Waals surface area contributed by atoms with Gasteiger partial charge < -0.3 is 24.1 Å². The number of fused-ring (bicyclic) bond motifs is 1. The Hall–Kier alpha value is -5.25. The molecule has 1 aliphatic rings. The predicted octanol–water partition coefficient (Wildman–Crippen LogP) is 7.53. The smallest absolute Gasteiger partial charge is 0.274 e. The summed E-state index contributed by atoms with van der Waals surface area (Å²) in [5, 5.41) is 7.30. The number of carbonyl (C=O) groups is 2. The van der Waals surface area contributed by atoms with Crippen molar-refractivity contribution < 1.29 is 23.6 Å². The Balaban J connectivity index is 1.43. The standard InChI is InChI=1S/C43H48N4O5/c1-6-44-43(49)41-40(33-17-18-34-24-47(20-19-32(34)21-33)25-35(26-48)46(4)5)42(52-45-41)37-22-36(29(2)3)38(50-27-30-13-9-7-10-14-30)23-39(37)51-28-31-15-11-8-12-16-31/h7-18,21-23,26,29,35H,6,19-20,24-25,27-28H2,1-5H3,(H,44,49). The van der Waals surface area contributed by atoms with Crippen molar-refractivity contribution >= 4 is 12.2 Å². The van der Waals surface area contributed by atoms with Gasteiger partial charge in [-0.3, -0.25) is 14.6 Å². The van der Waals surface area contributed by atoms with E-state index in [4.69, 9.17) is 14.0 Å². The first-order valence-electron chi connectivity index (χ1n) is 18.0. The molecule has 1 aliphatic heterocycles. The minimum atomic E-state index is -0.307. The zero-order valence-corrected chi connectivity index (χ0v) is 30.7. The Kier molecular flexibility index (Phi) is 11.8. The SMILES string of the molecule is CCNC(=O)c1noc(-c2cc(C(C)C)c(OCc3ccccc3)cc2OCc2ccccc2)c1-c1ccc2c(c1)CCN(CC(C=O)N(C)C)C2. The van der Waals surface area contributed by atoms with Crippen molar-refractivity contribution in [3.8, 4) is 33.9 Å². The van der Waals surface area contributed by atoms with Gasteiger partial charge in [0.25, 0.3) is 5.91 Å². The van der Waals surface area contributed by atoms with Crippen molar-refractivity contribution in [3.05, 3.63) is 125 Å². The molecule has 0 spiro atoms. The summed E-state index contributed by atoms with van der Waals surface area (Å²) in [6.45, 7) is 9.56. The average Bonchev–Trinajstić information content (AvgIpc) is 3.61. The molecule has 0 bridgehead atoms. The predicted molar refractivity (Wildman–Crippen MR) is 204 cm³/mol. The average molecular weight is 701 g/mol. The van der Waals surface area contributed by atoms with Crippen molar-refractivity contribution in [1.82, 2.24) is 20.3 Å². The Morgan fingerprint density at radius 3 is 2.21 bits per heavy atom. The van der Waals surface area contributed by atoms with Gasteiger partial charge >= 0.3 is 0 Å². The molecule has 1 amide bonds. The normalized spacial score (nSPS) is 13.5. The van der Waals surface area contributed by atoms with Crippen LogP contribution < -0.4 is 14.8 Å². The van der Waals surface area contributed by atoms with Gasteiger partial charge in [0.1, 0.15) is 31.0 Å². The van der Waals surface area contributed by atoms with Crippen LogP contribution in [0.15, 0.2) is 95.5 Å². The molecule has 52 heavy (non-hydrogen) atoms. The molecule has 0 aliphatic carbocycles. The number of ether oxygens (including phenoxy) is 2. The van der Waals surface area contributed by atoms with Crippen LogP contribution in [0.5, 0.6) is 11.5 Å². The second kappa shape index (κ2) is 16.8. The zero-order valence-electron chi connectivity index (χ0n) is 30.7. The van der Waals surface area contributed by atoms with Crippen molar-refractivity contribution in [2.45, 2.75) is 58.9 Å². The van der Waals surface area contributed by atoms with Gasteiger partial charge in [0.15, 0.2) is 11.5 Å². The van der Waals surface area contributed by atoms with E-state index < -0.39 is 0 Å². The zero-order chi connectivity index (χ0) is 36.6. The minimum absolute atomic E-state index is 0.111. The molecule has 0 saturated carbocycles. The van der Waals surface area contributed by atoms with E-state index in [9.17, 15) is 9.59 Å². The number of carbonyl (C=O) groups excluding carboxylic acids is 2. The summed E-state index contributed by atoms with van der Waals surface area (Å²) in [5.41, 5.74) is 7.83. The van der Waals surface area contributed by atoms with Gasteiger partial charge in [-0.05, 0) is 72.8 Å². The number of likely N-dealkylation sites (N-methyl/N-ethyl adjacent to an activating group) is 1. The number of nitrogens with zero attached hydrogens (tertiary/aromatic N) is 3. The largest absolute Gasteiger partial charge is 0.488 e. The first-order valence-corrected chi connectivity index (χ1v) is 18.0. The van der Waals surface area contributed by atoms with Crippen molar-refractivity contribution in [1.29, 1.82) is 0 Å². The second-order valence-corrected chi connectivity index (χ2v) is 13.8. The number of aldehydes is 1. The van der Waals surface area contributed by atoms with Crippen LogP contribution in [-0.4, -0.2) is 66.9 Å². The minimum Gasteiger partial charge on any atom is -0.488 e. The van der Waals surface area contributed by atoms with E-state index in [0.717, 1.165) is 53.8 Å². The molecule has 0 radical (unpaired) electrons. The van der Waals surface area contributed by atoms with Crippen LogP contribution in [0.3, 0.4) is 0 Å². The van der Waals surface area contributed by atoms with Gasteiger partial charge in [0, 0.05) is 32.2 Å². The Labute approximate surface area is 306 Å². The monoisotopic (exact) mass is 700 g/mol. The van der Waals surface area contributed by atoms with E-state index in [1.807, 2.05) is 98.7 Å². The van der Waals surface area contributed by atoms with Crippen LogP contribution >= 0.6 is 0 Å². The summed E-state index contributed by atoms with van der Waals surface area (Å²) in [6.07, 6.45) is 1.83. The molecule has 270 valence electrons. The third-order valence-corrected chi connectivity index (χ3v) is 9.55. The molecule has 1 atom stereocenters. The van der Waals surface area contributed by atoms with Crippen LogP contribution in [0.4, 0.5) is 0 Å². The molecule has 2 heterocycles. The van der Waals surface area contributed by atoms with Gasteiger partial charge in [-0.25, -0.2) is 0 Å². The van der Waals surface area contributed by atoms with Gasteiger partial charge in [-0.1, -0.05) is 97.9 Å². The number of amides is 1. The number of benzene rings is 4. The van der Waals surface area contributed by atoms with Crippen molar-refractivity contribution in [2.24, 2.45) is 0 Å². The highest BCUT2D eigenvalue weighted by Crippen LogP contribution is 2.45. The fraction of sp³-hybridized carbons (Fsp3) is 0.326. The third-order valence-electron chi connectivity index (χ3n) is 9.55. The van der Waals surface area contributed by atoms with Crippen LogP contribution in [0.25, 0.3) is 22.5 Å². The number of rotatable bonds is 15. The lowest BCUT2D eigenvalue weighted by atomic mass is 9.91. The molecule has 6 rings (SSSR count). The van der Waals surface area contributed by atoms with Gasteiger partial charge in [0.05, 0.1) is 17.2 Å². The molecular weight excluding hydrogens is 652 g/mol. The lowest BCUT2D eigenvalue weighted by Crippen LogP contribution is -2.43. The maximum Gasteiger partial charge on any atom is 0.274 e. The lowest BCUT2D eigenvalue weighted by molar-refractivity contribution is -0.112. The summed E-state index contributed by atoms with van der Waals surface area (Å²) in [6, 6.07) is 30.2. The van der Waals surface area contributed by atoms with Crippen LogP contribution in [-0.2, 0) is 31.0 Å². The first kappa shape index (κ1) is 36.5. The number of hydrogen-bond donors (Lipinski definition) is 1. The van der Waals surface area contributed by atoms with Crippen LogP contribution in [0.1, 0.15) is 65.0 Å². The molecule has 1 aromatic heterocycles. The summed E-state index contributed by atoms with van der Waals surface area (Å²) >= 11 is 0. The molecule has 5 aromatic rings. The second-order valence-electron chi connectivity index (χ2n) is 13.8. The van der Waals surface area contributed by atoms with Crippen LogP contribution in [0, 0.1) is 0 Å². The van der Waals surface area contributed by atoms with Crippen LogP contribution in [0.2, 0.25) is 0 Å². The lowest BCUT2D eigenvalue weighted by Gasteiger charge is -2.32. The first-order chi connectivity index (χ1) is 25.2. The van der Waals surface area contributed by atoms with E-state index in [2.05, 4.69) is 47.4 Å². The number of aromatic nitrogens is 1.